The molecule has 1 aromatic carbocycles. The Labute approximate surface area is 204 Å². The van der Waals surface area contributed by atoms with E-state index in [-0.39, 0.29) is 17.3 Å². The Kier molecular flexibility index (Phi) is 8.09. The van der Waals surface area contributed by atoms with Gasteiger partial charge in [0.1, 0.15) is 5.75 Å². The molecule has 2 heteroatoms. The summed E-state index contributed by atoms with van der Waals surface area (Å²) in [7, 11) is 0. The van der Waals surface area contributed by atoms with Crippen molar-refractivity contribution in [1.82, 2.24) is 0 Å². The van der Waals surface area contributed by atoms with Crippen molar-refractivity contribution in [2.24, 2.45) is 22.7 Å². The summed E-state index contributed by atoms with van der Waals surface area (Å²) in [5, 5.41) is 0. The first kappa shape index (κ1) is 26.3. The second kappa shape index (κ2) is 10.1. The molecule has 0 N–H and O–H groups in total. The van der Waals surface area contributed by atoms with Gasteiger partial charge in [0, 0.05) is 0 Å². The monoisotopic (exact) mass is 454 g/mol. The van der Waals surface area contributed by atoms with E-state index in [2.05, 4.69) is 92.7 Å². The molecular formula is C31H50O2. The molecule has 1 saturated carbocycles. The van der Waals surface area contributed by atoms with Crippen LogP contribution in [0.4, 0.5) is 0 Å². The SMILES string of the molecule is CC1CCC(CC(C)(C)OC(Oc2ccc(C(CC(C)(C)C)C(C)(C)C)cc2)C2=CCC2)C1. The number of allylic oxidation sites excluding steroid dienone is 1. The molecular weight excluding hydrogens is 404 g/mol. The third-order valence-corrected chi connectivity index (χ3v) is 7.54. The van der Waals surface area contributed by atoms with Crippen molar-refractivity contribution in [2.75, 3.05) is 0 Å². The quantitative estimate of drug-likeness (QED) is 0.273. The zero-order valence-corrected chi connectivity index (χ0v) is 23.0. The first-order valence-electron chi connectivity index (χ1n) is 13.4. The van der Waals surface area contributed by atoms with Crippen molar-refractivity contribution < 1.29 is 9.47 Å². The highest BCUT2D eigenvalue weighted by atomic mass is 16.7. The highest BCUT2D eigenvalue weighted by molar-refractivity contribution is 5.31. The summed E-state index contributed by atoms with van der Waals surface area (Å²) in [6, 6.07) is 8.85. The van der Waals surface area contributed by atoms with E-state index < -0.39 is 0 Å². The van der Waals surface area contributed by atoms with Crippen molar-refractivity contribution in [2.45, 2.75) is 125 Å². The van der Waals surface area contributed by atoms with Gasteiger partial charge in [-0.1, -0.05) is 79.5 Å². The van der Waals surface area contributed by atoms with Crippen LogP contribution in [0.25, 0.3) is 0 Å². The number of benzene rings is 1. The fourth-order valence-electron chi connectivity index (χ4n) is 5.68. The molecule has 33 heavy (non-hydrogen) atoms. The molecule has 0 radical (unpaired) electrons. The molecule has 4 unspecified atom stereocenters. The summed E-state index contributed by atoms with van der Waals surface area (Å²) in [5.41, 5.74) is 3.04. The summed E-state index contributed by atoms with van der Waals surface area (Å²) in [6.07, 6.45) is 10.6. The van der Waals surface area contributed by atoms with Crippen molar-refractivity contribution in [3.63, 3.8) is 0 Å². The smallest absolute Gasteiger partial charge is 0.223 e. The van der Waals surface area contributed by atoms with Crippen molar-refractivity contribution >= 4 is 0 Å². The molecule has 0 saturated heterocycles. The fraction of sp³-hybridized carbons (Fsp3) is 0.742. The van der Waals surface area contributed by atoms with Gasteiger partial charge in [-0.2, -0.15) is 0 Å². The van der Waals surface area contributed by atoms with Gasteiger partial charge in [0.15, 0.2) is 0 Å². The van der Waals surface area contributed by atoms with Gasteiger partial charge in [0.25, 0.3) is 0 Å². The topological polar surface area (TPSA) is 18.5 Å². The molecule has 2 aliphatic carbocycles. The lowest BCUT2D eigenvalue weighted by atomic mass is 9.69. The Morgan fingerprint density at radius 1 is 0.939 bits per heavy atom. The van der Waals surface area contributed by atoms with Gasteiger partial charge in [-0.3, -0.25) is 0 Å². The Morgan fingerprint density at radius 3 is 2.03 bits per heavy atom. The third-order valence-electron chi connectivity index (χ3n) is 7.54. The molecule has 3 rings (SSSR count). The maximum atomic E-state index is 6.65. The lowest BCUT2D eigenvalue weighted by Crippen LogP contribution is -2.37. The van der Waals surface area contributed by atoms with E-state index in [1.807, 2.05) is 0 Å². The van der Waals surface area contributed by atoms with Gasteiger partial charge in [-0.15, -0.1) is 0 Å². The van der Waals surface area contributed by atoms with Crippen LogP contribution in [-0.4, -0.2) is 11.9 Å². The number of ether oxygens (including phenoxy) is 2. The Bertz CT molecular complexity index is 788. The van der Waals surface area contributed by atoms with E-state index in [9.17, 15) is 0 Å². The molecule has 0 aromatic heterocycles. The zero-order valence-electron chi connectivity index (χ0n) is 23.0. The Morgan fingerprint density at radius 2 is 1.58 bits per heavy atom. The molecule has 0 spiro atoms. The van der Waals surface area contributed by atoms with Crippen LogP contribution in [0.5, 0.6) is 5.75 Å². The van der Waals surface area contributed by atoms with Crippen LogP contribution in [0.1, 0.15) is 119 Å². The minimum Gasteiger partial charge on any atom is -0.461 e. The average Bonchev–Trinajstić information content (AvgIpc) is 3.01. The first-order chi connectivity index (χ1) is 15.2. The van der Waals surface area contributed by atoms with Gasteiger partial charge in [-0.05, 0) is 97.8 Å². The molecule has 0 aliphatic heterocycles. The predicted octanol–water partition coefficient (Wildman–Crippen LogP) is 9.30. The second-order valence-corrected chi connectivity index (χ2v) is 13.9. The molecule has 0 amide bonds. The summed E-state index contributed by atoms with van der Waals surface area (Å²) >= 11 is 0. The minimum atomic E-state index is -0.272. The third kappa shape index (κ3) is 7.88. The van der Waals surface area contributed by atoms with E-state index >= 15 is 0 Å². The first-order valence-corrected chi connectivity index (χ1v) is 13.4. The summed E-state index contributed by atoms with van der Waals surface area (Å²) in [4.78, 5) is 0. The van der Waals surface area contributed by atoms with Crippen LogP contribution in [0.3, 0.4) is 0 Å². The van der Waals surface area contributed by atoms with Gasteiger partial charge < -0.3 is 9.47 Å². The van der Waals surface area contributed by atoms with Gasteiger partial charge >= 0.3 is 0 Å². The van der Waals surface area contributed by atoms with Crippen molar-refractivity contribution in [3.05, 3.63) is 41.5 Å². The number of hydrogen-bond acceptors (Lipinski definition) is 2. The van der Waals surface area contributed by atoms with Crippen LogP contribution in [0.2, 0.25) is 0 Å². The van der Waals surface area contributed by atoms with Crippen LogP contribution in [0, 0.1) is 22.7 Å². The number of rotatable bonds is 9. The zero-order chi connectivity index (χ0) is 24.4. The molecule has 2 nitrogen and oxygen atoms in total. The molecule has 2 aliphatic rings. The highest BCUT2D eigenvalue weighted by Crippen LogP contribution is 2.44. The summed E-state index contributed by atoms with van der Waals surface area (Å²) in [6.45, 7) is 21.0. The van der Waals surface area contributed by atoms with Crippen LogP contribution in [0.15, 0.2) is 35.9 Å². The van der Waals surface area contributed by atoms with E-state index in [0.717, 1.165) is 36.8 Å². The van der Waals surface area contributed by atoms with Crippen LogP contribution < -0.4 is 4.74 Å². The molecule has 4 atom stereocenters. The standard InChI is InChI=1S/C31H50O2/c1-22-13-14-23(19-22)20-31(8,9)33-28(25-11-10-12-25)32-26-17-15-24(16-18-26)27(30(5,6)7)21-29(2,3)4/h11,15-18,22-23,27-28H,10,12-14,19-21H2,1-9H3. The highest BCUT2D eigenvalue weighted by Gasteiger charge is 2.34. The van der Waals surface area contributed by atoms with Gasteiger partial charge in [0.2, 0.25) is 6.29 Å². The van der Waals surface area contributed by atoms with E-state index in [1.54, 1.807) is 0 Å². The lowest BCUT2D eigenvalue weighted by Gasteiger charge is -2.37. The van der Waals surface area contributed by atoms with Crippen LogP contribution in [-0.2, 0) is 4.74 Å². The van der Waals surface area contributed by atoms with E-state index in [1.165, 1.54) is 36.8 Å². The van der Waals surface area contributed by atoms with E-state index in [4.69, 9.17) is 9.47 Å². The maximum Gasteiger partial charge on any atom is 0.223 e. The predicted molar refractivity (Wildman–Crippen MR) is 141 cm³/mol. The summed E-state index contributed by atoms with van der Waals surface area (Å²) in [5.74, 6) is 3.06. The summed E-state index contributed by atoms with van der Waals surface area (Å²) < 4.78 is 13.1. The minimum absolute atomic E-state index is 0.181. The molecule has 1 fully saturated rings. The Hall–Kier alpha value is -1.28. The van der Waals surface area contributed by atoms with Crippen LogP contribution >= 0.6 is 0 Å². The maximum absolute atomic E-state index is 6.65. The lowest BCUT2D eigenvalue weighted by molar-refractivity contribution is -0.148. The van der Waals surface area contributed by atoms with Gasteiger partial charge in [0.05, 0.1) is 5.60 Å². The normalized spacial score (nSPS) is 23.6. The second-order valence-electron chi connectivity index (χ2n) is 13.9. The largest absolute Gasteiger partial charge is 0.461 e. The van der Waals surface area contributed by atoms with E-state index in [0.29, 0.717) is 11.3 Å². The molecule has 0 heterocycles. The average molecular weight is 455 g/mol. The van der Waals surface area contributed by atoms with Gasteiger partial charge in [-0.25, -0.2) is 0 Å². The molecule has 1 aromatic rings. The molecule has 0 bridgehead atoms. The Balaban J connectivity index is 1.69. The van der Waals surface area contributed by atoms with Crippen molar-refractivity contribution in [1.29, 1.82) is 0 Å². The molecule has 186 valence electrons. The number of hydrogen-bond donors (Lipinski definition) is 0. The van der Waals surface area contributed by atoms with Crippen molar-refractivity contribution in [3.8, 4) is 5.75 Å². The fourth-order valence-corrected chi connectivity index (χ4v) is 5.68.